The van der Waals surface area contributed by atoms with E-state index < -0.39 is 6.10 Å². The van der Waals surface area contributed by atoms with Crippen molar-refractivity contribution in [1.82, 2.24) is 4.90 Å². The third kappa shape index (κ3) is 3.53. The Bertz CT molecular complexity index is 396. The summed E-state index contributed by atoms with van der Waals surface area (Å²) in [6, 6.07) is 6.06. The Kier molecular flexibility index (Phi) is 4.91. The standard InChI is InChI=1S/C15H22FNO2/c1-11-3-2-8-17(14(11)10-18)9-15(19)12-4-6-13(16)7-5-12/h4-7,11,14-15,18-19H,2-3,8-10H2,1H3. The minimum absolute atomic E-state index is 0.115. The molecule has 3 unspecified atom stereocenters. The van der Waals surface area contributed by atoms with E-state index in [1.807, 2.05) is 0 Å². The normalized spacial score (nSPS) is 26.3. The molecule has 1 heterocycles. The highest BCUT2D eigenvalue weighted by Gasteiger charge is 2.29. The Balaban J connectivity index is 2.00. The number of piperidine rings is 1. The molecule has 3 atom stereocenters. The van der Waals surface area contributed by atoms with Gasteiger partial charge < -0.3 is 10.2 Å². The van der Waals surface area contributed by atoms with Crippen molar-refractivity contribution >= 4 is 0 Å². The zero-order valence-corrected chi connectivity index (χ0v) is 11.3. The number of aliphatic hydroxyl groups is 2. The number of nitrogens with zero attached hydrogens (tertiary/aromatic N) is 1. The SMILES string of the molecule is CC1CCCN(CC(O)c2ccc(F)cc2)C1CO. The van der Waals surface area contributed by atoms with E-state index in [4.69, 9.17) is 0 Å². The molecular formula is C15H22FNO2. The number of aliphatic hydroxyl groups excluding tert-OH is 2. The van der Waals surface area contributed by atoms with Crippen molar-refractivity contribution in [1.29, 1.82) is 0 Å². The van der Waals surface area contributed by atoms with Crippen LogP contribution in [-0.2, 0) is 0 Å². The van der Waals surface area contributed by atoms with Crippen molar-refractivity contribution in [3.05, 3.63) is 35.6 Å². The summed E-state index contributed by atoms with van der Waals surface area (Å²) in [5, 5.41) is 19.7. The highest BCUT2D eigenvalue weighted by molar-refractivity contribution is 5.18. The Hall–Kier alpha value is -0.970. The predicted molar refractivity (Wildman–Crippen MR) is 72.2 cm³/mol. The zero-order chi connectivity index (χ0) is 13.8. The molecule has 1 aromatic carbocycles. The van der Waals surface area contributed by atoms with Gasteiger partial charge in [0.1, 0.15) is 5.82 Å². The van der Waals surface area contributed by atoms with Crippen LogP contribution in [-0.4, -0.2) is 40.9 Å². The topological polar surface area (TPSA) is 43.7 Å². The maximum absolute atomic E-state index is 12.9. The second-order valence-corrected chi connectivity index (χ2v) is 5.43. The van der Waals surface area contributed by atoms with Crippen molar-refractivity contribution in [3.8, 4) is 0 Å². The van der Waals surface area contributed by atoms with E-state index in [-0.39, 0.29) is 18.5 Å². The van der Waals surface area contributed by atoms with Crippen molar-refractivity contribution in [2.45, 2.75) is 31.9 Å². The molecule has 0 radical (unpaired) electrons. The minimum Gasteiger partial charge on any atom is -0.395 e. The molecule has 1 aromatic rings. The molecular weight excluding hydrogens is 245 g/mol. The van der Waals surface area contributed by atoms with Crippen LogP contribution in [0, 0.1) is 11.7 Å². The third-order valence-electron chi connectivity index (χ3n) is 4.08. The number of β-amino-alcohol motifs (C(OH)–C–C–N with tert-alkyl or cyclic N) is 1. The van der Waals surface area contributed by atoms with Gasteiger partial charge in [0.15, 0.2) is 0 Å². The molecule has 0 aromatic heterocycles. The summed E-state index contributed by atoms with van der Waals surface area (Å²) in [6.07, 6.45) is 1.57. The number of likely N-dealkylation sites (tertiary alicyclic amines) is 1. The summed E-state index contributed by atoms with van der Waals surface area (Å²) in [4.78, 5) is 2.14. The molecule has 4 heteroatoms. The van der Waals surface area contributed by atoms with Gasteiger partial charge in [0.2, 0.25) is 0 Å². The van der Waals surface area contributed by atoms with E-state index in [2.05, 4.69) is 11.8 Å². The highest BCUT2D eigenvalue weighted by atomic mass is 19.1. The number of benzene rings is 1. The van der Waals surface area contributed by atoms with Gasteiger partial charge in [-0.25, -0.2) is 4.39 Å². The van der Waals surface area contributed by atoms with Crippen LogP contribution in [0.15, 0.2) is 24.3 Å². The molecule has 0 bridgehead atoms. The molecule has 2 N–H and O–H groups in total. The smallest absolute Gasteiger partial charge is 0.123 e. The maximum atomic E-state index is 12.9. The van der Waals surface area contributed by atoms with Gasteiger partial charge in [0.05, 0.1) is 12.7 Å². The molecule has 0 saturated carbocycles. The Morgan fingerprint density at radius 3 is 2.68 bits per heavy atom. The lowest BCUT2D eigenvalue weighted by Crippen LogP contribution is -2.48. The van der Waals surface area contributed by atoms with Gasteiger partial charge in [0.25, 0.3) is 0 Å². The van der Waals surface area contributed by atoms with Crippen molar-refractivity contribution < 1.29 is 14.6 Å². The molecule has 0 aliphatic carbocycles. The van der Waals surface area contributed by atoms with E-state index in [0.29, 0.717) is 12.5 Å². The fraction of sp³-hybridized carbons (Fsp3) is 0.600. The van der Waals surface area contributed by atoms with Crippen LogP contribution in [0.3, 0.4) is 0 Å². The first-order valence-corrected chi connectivity index (χ1v) is 6.90. The average Bonchev–Trinajstić information content (AvgIpc) is 2.39. The molecule has 3 nitrogen and oxygen atoms in total. The quantitative estimate of drug-likeness (QED) is 0.876. The van der Waals surface area contributed by atoms with Gasteiger partial charge in [-0.05, 0) is 43.0 Å². The lowest BCUT2D eigenvalue weighted by atomic mass is 9.90. The third-order valence-corrected chi connectivity index (χ3v) is 4.08. The van der Waals surface area contributed by atoms with E-state index in [0.717, 1.165) is 24.9 Å². The van der Waals surface area contributed by atoms with Crippen molar-refractivity contribution in [2.75, 3.05) is 19.7 Å². The van der Waals surface area contributed by atoms with E-state index in [1.165, 1.54) is 12.1 Å². The van der Waals surface area contributed by atoms with Crippen LogP contribution in [0.1, 0.15) is 31.4 Å². The number of hydrogen-bond acceptors (Lipinski definition) is 3. The lowest BCUT2D eigenvalue weighted by Gasteiger charge is -2.40. The minimum atomic E-state index is -0.639. The monoisotopic (exact) mass is 267 g/mol. The highest BCUT2D eigenvalue weighted by Crippen LogP contribution is 2.25. The predicted octanol–water partition coefficient (Wildman–Crippen LogP) is 1.95. The number of hydrogen-bond donors (Lipinski definition) is 2. The Morgan fingerprint density at radius 1 is 1.37 bits per heavy atom. The van der Waals surface area contributed by atoms with Crippen LogP contribution >= 0.6 is 0 Å². The largest absolute Gasteiger partial charge is 0.395 e. The van der Waals surface area contributed by atoms with Gasteiger partial charge in [-0.2, -0.15) is 0 Å². The molecule has 1 fully saturated rings. The molecule has 19 heavy (non-hydrogen) atoms. The molecule has 2 rings (SSSR count). The second kappa shape index (κ2) is 6.46. The van der Waals surface area contributed by atoms with E-state index in [1.54, 1.807) is 12.1 Å². The first-order chi connectivity index (χ1) is 9.11. The maximum Gasteiger partial charge on any atom is 0.123 e. The fourth-order valence-electron chi connectivity index (χ4n) is 2.87. The summed E-state index contributed by atoms with van der Waals surface area (Å²) in [5.41, 5.74) is 0.719. The first-order valence-electron chi connectivity index (χ1n) is 6.90. The van der Waals surface area contributed by atoms with Gasteiger partial charge in [-0.3, -0.25) is 4.90 Å². The summed E-state index contributed by atoms with van der Waals surface area (Å²) in [6.45, 7) is 3.64. The Labute approximate surface area is 113 Å². The Morgan fingerprint density at radius 2 is 2.05 bits per heavy atom. The van der Waals surface area contributed by atoms with Gasteiger partial charge >= 0.3 is 0 Å². The summed E-state index contributed by atoms with van der Waals surface area (Å²) in [7, 11) is 0. The summed E-state index contributed by atoms with van der Waals surface area (Å²) >= 11 is 0. The average molecular weight is 267 g/mol. The fourth-order valence-corrected chi connectivity index (χ4v) is 2.87. The van der Waals surface area contributed by atoms with Crippen LogP contribution in [0.25, 0.3) is 0 Å². The van der Waals surface area contributed by atoms with Crippen LogP contribution < -0.4 is 0 Å². The lowest BCUT2D eigenvalue weighted by molar-refractivity contribution is 0.0166. The van der Waals surface area contributed by atoms with E-state index in [9.17, 15) is 14.6 Å². The molecule has 0 amide bonds. The van der Waals surface area contributed by atoms with Gasteiger partial charge in [-0.1, -0.05) is 19.1 Å². The number of halogens is 1. The summed E-state index contributed by atoms with van der Waals surface area (Å²) in [5.74, 6) is 0.148. The zero-order valence-electron chi connectivity index (χ0n) is 11.3. The van der Waals surface area contributed by atoms with E-state index >= 15 is 0 Å². The van der Waals surface area contributed by atoms with Crippen LogP contribution in [0.2, 0.25) is 0 Å². The van der Waals surface area contributed by atoms with Crippen LogP contribution in [0.5, 0.6) is 0 Å². The summed E-state index contributed by atoms with van der Waals surface area (Å²) < 4.78 is 12.9. The van der Waals surface area contributed by atoms with Crippen LogP contribution in [0.4, 0.5) is 4.39 Å². The molecule has 1 saturated heterocycles. The molecule has 106 valence electrons. The van der Waals surface area contributed by atoms with Crippen molar-refractivity contribution in [3.63, 3.8) is 0 Å². The van der Waals surface area contributed by atoms with Gasteiger partial charge in [-0.15, -0.1) is 0 Å². The molecule has 1 aliphatic heterocycles. The number of rotatable bonds is 4. The first kappa shape index (κ1) is 14.4. The van der Waals surface area contributed by atoms with Crippen molar-refractivity contribution in [2.24, 2.45) is 5.92 Å². The molecule has 1 aliphatic rings. The second-order valence-electron chi connectivity index (χ2n) is 5.43. The molecule has 0 spiro atoms. The van der Waals surface area contributed by atoms with Gasteiger partial charge in [0, 0.05) is 12.6 Å².